The summed E-state index contributed by atoms with van der Waals surface area (Å²) in [6.07, 6.45) is 0. The van der Waals surface area contributed by atoms with Gasteiger partial charge in [-0.15, -0.1) is 11.3 Å². The molecule has 0 amide bonds. The van der Waals surface area contributed by atoms with Crippen LogP contribution in [0.3, 0.4) is 0 Å². The normalized spacial score (nSPS) is 11.9. The van der Waals surface area contributed by atoms with E-state index in [1.807, 2.05) is 11.3 Å². The van der Waals surface area contributed by atoms with Crippen molar-refractivity contribution >= 4 is 75.1 Å². The zero-order valence-corrected chi connectivity index (χ0v) is 28.4. The van der Waals surface area contributed by atoms with Gasteiger partial charge in [-0.3, -0.25) is 0 Å². The molecule has 0 atom stereocenters. The van der Waals surface area contributed by atoms with Crippen LogP contribution in [-0.2, 0) is 0 Å². The fourth-order valence-electron chi connectivity index (χ4n) is 8.24. The van der Waals surface area contributed by atoms with Crippen molar-refractivity contribution in [3.63, 3.8) is 0 Å². The maximum Gasteiger partial charge on any atom is 0.0719 e. The van der Waals surface area contributed by atoms with Gasteiger partial charge in [-0.1, -0.05) is 140 Å². The van der Waals surface area contributed by atoms with Gasteiger partial charge < -0.3 is 9.13 Å². The fraction of sp³-hybridized carbons (Fsp3) is 0. The maximum absolute atomic E-state index is 2.46. The zero-order valence-electron chi connectivity index (χ0n) is 27.6. The molecule has 0 saturated heterocycles. The first-order valence-corrected chi connectivity index (χ1v) is 18.3. The Bertz CT molecular complexity index is 3100. The van der Waals surface area contributed by atoms with Gasteiger partial charge in [0.2, 0.25) is 0 Å². The average molecular weight is 667 g/mol. The Kier molecular flexibility index (Phi) is 6.16. The number of para-hydroxylation sites is 3. The molecule has 3 heteroatoms. The van der Waals surface area contributed by atoms with Crippen molar-refractivity contribution in [1.82, 2.24) is 9.13 Å². The van der Waals surface area contributed by atoms with Crippen LogP contribution in [0.5, 0.6) is 0 Å². The first-order chi connectivity index (χ1) is 25.3. The van der Waals surface area contributed by atoms with Crippen LogP contribution in [0.15, 0.2) is 182 Å². The van der Waals surface area contributed by atoms with E-state index in [-0.39, 0.29) is 0 Å². The van der Waals surface area contributed by atoms with Crippen molar-refractivity contribution in [2.75, 3.05) is 0 Å². The van der Waals surface area contributed by atoms with Crippen molar-refractivity contribution in [2.45, 2.75) is 0 Å². The summed E-state index contributed by atoms with van der Waals surface area (Å²) in [5.41, 5.74) is 12.2. The highest BCUT2D eigenvalue weighted by molar-refractivity contribution is 7.26. The maximum atomic E-state index is 2.46. The number of hydrogen-bond donors (Lipinski definition) is 0. The zero-order chi connectivity index (χ0) is 33.5. The molecule has 3 heterocycles. The number of fused-ring (bicyclic) bond motifs is 10. The van der Waals surface area contributed by atoms with E-state index in [0.29, 0.717) is 0 Å². The van der Waals surface area contributed by atoms with Gasteiger partial charge in [0.1, 0.15) is 0 Å². The van der Waals surface area contributed by atoms with Gasteiger partial charge in [-0.2, -0.15) is 0 Å². The molecule has 0 bridgehead atoms. The van der Waals surface area contributed by atoms with Crippen LogP contribution in [0.1, 0.15) is 0 Å². The molecule has 0 radical (unpaired) electrons. The highest BCUT2D eigenvalue weighted by atomic mass is 32.1. The summed E-state index contributed by atoms with van der Waals surface area (Å²) in [5.74, 6) is 0. The Morgan fingerprint density at radius 3 is 1.49 bits per heavy atom. The second kappa shape index (κ2) is 11.0. The van der Waals surface area contributed by atoms with Gasteiger partial charge in [0, 0.05) is 54.0 Å². The van der Waals surface area contributed by atoms with E-state index in [9.17, 15) is 0 Å². The second-order valence-corrected chi connectivity index (χ2v) is 14.4. The molecule has 0 fully saturated rings. The third-order valence-corrected chi connectivity index (χ3v) is 11.7. The summed E-state index contributed by atoms with van der Waals surface area (Å²) in [7, 11) is 0. The van der Waals surface area contributed by atoms with Crippen molar-refractivity contribution in [3.8, 4) is 33.6 Å². The number of nitrogens with zero attached hydrogens (tertiary/aromatic N) is 2. The lowest BCUT2D eigenvalue weighted by Crippen LogP contribution is -1.96. The Morgan fingerprint density at radius 1 is 0.314 bits per heavy atom. The molecule has 2 nitrogen and oxygen atoms in total. The molecule has 0 saturated carbocycles. The first kappa shape index (κ1) is 28.4. The van der Waals surface area contributed by atoms with Gasteiger partial charge >= 0.3 is 0 Å². The summed E-state index contributed by atoms with van der Waals surface area (Å²) < 4.78 is 7.55. The van der Waals surface area contributed by atoms with Crippen LogP contribution in [-0.4, -0.2) is 9.13 Å². The number of aromatic nitrogens is 2. The minimum absolute atomic E-state index is 1.16. The Labute approximate surface area is 298 Å². The van der Waals surface area contributed by atoms with Gasteiger partial charge in [0.25, 0.3) is 0 Å². The molecule has 0 aliphatic rings. The highest BCUT2D eigenvalue weighted by Crippen LogP contribution is 2.43. The third kappa shape index (κ3) is 4.22. The summed E-state index contributed by atoms with van der Waals surface area (Å²) >= 11 is 1.89. The molecule has 11 rings (SSSR count). The lowest BCUT2D eigenvalue weighted by Gasteiger charge is -2.13. The van der Waals surface area contributed by atoms with Crippen LogP contribution >= 0.6 is 11.3 Å². The van der Waals surface area contributed by atoms with Gasteiger partial charge in [0.05, 0.1) is 26.8 Å². The predicted molar refractivity (Wildman–Crippen MR) is 219 cm³/mol. The topological polar surface area (TPSA) is 9.86 Å². The second-order valence-electron chi connectivity index (χ2n) is 13.3. The summed E-state index contributed by atoms with van der Waals surface area (Å²) in [6.45, 7) is 0. The van der Waals surface area contributed by atoms with E-state index >= 15 is 0 Å². The average Bonchev–Trinajstić information content (AvgIpc) is 3.86. The molecular formula is C48H30N2S. The van der Waals surface area contributed by atoms with E-state index in [1.165, 1.54) is 91.7 Å². The number of thiophene rings is 1. The molecule has 0 N–H and O–H groups in total. The Balaban J connectivity index is 1.03. The molecule has 51 heavy (non-hydrogen) atoms. The third-order valence-electron chi connectivity index (χ3n) is 10.5. The van der Waals surface area contributed by atoms with Gasteiger partial charge in [-0.25, -0.2) is 0 Å². The van der Waals surface area contributed by atoms with E-state index in [1.54, 1.807) is 0 Å². The molecular weight excluding hydrogens is 637 g/mol. The minimum Gasteiger partial charge on any atom is -0.309 e. The molecule has 0 spiro atoms. The summed E-state index contributed by atoms with van der Waals surface area (Å²) in [6, 6.07) is 66.5. The van der Waals surface area contributed by atoms with Crippen molar-refractivity contribution in [1.29, 1.82) is 0 Å². The van der Waals surface area contributed by atoms with Gasteiger partial charge in [0.15, 0.2) is 0 Å². The van der Waals surface area contributed by atoms with Crippen molar-refractivity contribution in [2.24, 2.45) is 0 Å². The SMILES string of the molecule is c1ccc(-c2cccc3c4ccccc4n(-c4ccc(-c5ccc(-n6c7ccccc7c7ccc8c9ccccc9sc8c76)cc5)cc4)c23)cc1. The standard InChI is InChI=1S/C48H30N2S/c1-2-11-33(12-3-1)36-16-10-17-40-37-13-4-7-18-43(37)49(46(36)40)34-25-21-31(22-26-34)32-23-27-35(28-24-32)50-44-19-8-5-14-38(44)41-29-30-42-39-15-6-9-20-45(39)51-48(42)47(41)50/h1-30H. The van der Waals surface area contributed by atoms with E-state index in [0.717, 1.165) is 5.69 Å². The molecule has 0 aliphatic heterocycles. The number of benzene rings is 8. The monoisotopic (exact) mass is 666 g/mol. The quantitative estimate of drug-likeness (QED) is 0.177. The fourth-order valence-corrected chi connectivity index (χ4v) is 9.48. The van der Waals surface area contributed by atoms with Crippen molar-refractivity contribution < 1.29 is 0 Å². The van der Waals surface area contributed by atoms with Gasteiger partial charge in [-0.05, 0) is 59.2 Å². The van der Waals surface area contributed by atoms with Crippen LogP contribution in [0.4, 0.5) is 0 Å². The van der Waals surface area contributed by atoms with Crippen molar-refractivity contribution in [3.05, 3.63) is 182 Å². The smallest absolute Gasteiger partial charge is 0.0719 e. The summed E-state index contributed by atoms with van der Waals surface area (Å²) in [5, 5.41) is 7.76. The van der Waals surface area contributed by atoms with Crippen LogP contribution in [0.2, 0.25) is 0 Å². The van der Waals surface area contributed by atoms with Crippen LogP contribution < -0.4 is 0 Å². The molecule has 0 aliphatic carbocycles. The van der Waals surface area contributed by atoms with Crippen LogP contribution in [0, 0.1) is 0 Å². The predicted octanol–water partition coefficient (Wildman–Crippen LogP) is 13.6. The Morgan fingerprint density at radius 2 is 0.824 bits per heavy atom. The number of hydrogen-bond acceptors (Lipinski definition) is 1. The minimum atomic E-state index is 1.16. The lowest BCUT2D eigenvalue weighted by atomic mass is 10.0. The van der Waals surface area contributed by atoms with E-state index in [2.05, 4.69) is 191 Å². The molecule has 0 unspecified atom stereocenters. The summed E-state index contributed by atoms with van der Waals surface area (Å²) in [4.78, 5) is 0. The number of rotatable bonds is 4. The van der Waals surface area contributed by atoms with E-state index in [4.69, 9.17) is 0 Å². The largest absolute Gasteiger partial charge is 0.309 e. The Hall–Kier alpha value is -6.42. The molecule has 11 aromatic rings. The van der Waals surface area contributed by atoms with Crippen LogP contribution in [0.25, 0.3) is 97.4 Å². The van der Waals surface area contributed by atoms with E-state index < -0.39 is 0 Å². The first-order valence-electron chi connectivity index (χ1n) is 17.4. The molecule has 3 aromatic heterocycles. The molecule has 8 aromatic carbocycles. The molecule has 238 valence electrons. The lowest BCUT2D eigenvalue weighted by molar-refractivity contribution is 1.18. The highest BCUT2D eigenvalue weighted by Gasteiger charge is 2.19.